The van der Waals surface area contributed by atoms with Gasteiger partial charge in [-0.05, 0) is 18.6 Å². The molecular formula is C11H15FN2O. The SMILES string of the molecule is Cc1ccc(O)c(N2CCNCC2)c1F. The van der Waals surface area contributed by atoms with Gasteiger partial charge in [0, 0.05) is 26.2 Å². The summed E-state index contributed by atoms with van der Waals surface area (Å²) in [7, 11) is 0. The van der Waals surface area contributed by atoms with Crippen LogP contribution in [0.15, 0.2) is 12.1 Å². The van der Waals surface area contributed by atoms with Crippen molar-refractivity contribution in [3.63, 3.8) is 0 Å². The van der Waals surface area contributed by atoms with Crippen molar-refractivity contribution < 1.29 is 9.50 Å². The number of anilines is 1. The molecule has 4 heteroatoms. The number of phenols is 1. The number of aromatic hydroxyl groups is 1. The first-order valence-electron chi connectivity index (χ1n) is 5.14. The minimum absolute atomic E-state index is 0.0278. The molecule has 0 aliphatic carbocycles. The molecule has 2 N–H and O–H groups in total. The van der Waals surface area contributed by atoms with Gasteiger partial charge in [-0.3, -0.25) is 0 Å². The minimum Gasteiger partial charge on any atom is -0.506 e. The topological polar surface area (TPSA) is 35.5 Å². The summed E-state index contributed by atoms with van der Waals surface area (Å²) in [5.41, 5.74) is 0.915. The molecule has 1 fully saturated rings. The Morgan fingerprint density at radius 2 is 2.00 bits per heavy atom. The molecule has 1 aromatic rings. The predicted octanol–water partition coefficient (Wildman–Crippen LogP) is 1.25. The molecular weight excluding hydrogens is 195 g/mol. The quantitative estimate of drug-likeness (QED) is 0.732. The molecule has 1 heterocycles. The second kappa shape index (κ2) is 4.06. The number of nitrogens with zero attached hydrogens (tertiary/aromatic N) is 1. The molecule has 0 unspecified atom stereocenters. The molecule has 0 radical (unpaired) electrons. The Hall–Kier alpha value is -1.29. The van der Waals surface area contributed by atoms with Gasteiger partial charge in [-0.15, -0.1) is 0 Å². The average molecular weight is 210 g/mol. The molecule has 0 spiro atoms. The van der Waals surface area contributed by atoms with E-state index in [0.29, 0.717) is 11.3 Å². The number of piperazine rings is 1. The fourth-order valence-corrected chi connectivity index (χ4v) is 1.84. The summed E-state index contributed by atoms with van der Waals surface area (Å²) in [5, 5.41) is 12.9. The lowest BCUT2D eigenvalue weighted by Crippen LogP contribution is -2.44. The number of nitrogens with one attached hydrogen (secondary N) is 1. The molecule has 82 valence electrons. The maximum absolute atomic E-state index is 13.8. The largest absolute Gasteiger partial charge is 0.506 e. The molecule has 1 saturated heterocycles. The fraction of sp³-hybridized carbons (Fsp3) is 0.455. The zero-order valence-corrected chi connectivity index (χ0v) is 8.76. The smallest absolute Gasteiger partial charge is 0.153 e. The van der Waals surface area contributed by atoms with Gasteiger partial charge < -0.3 is 15.3 Å². The Kier molecular flexibility index (Phi) is 2.77. The molecule has 0 bridgehead atoms. The first-order chi connectivity index (χ1) is 7.20. The van der Waals surface area contributed by atoms with Crippen LogP contribution in [0.1, 0.15) is 5.56 Å². The summed E-state index contributed by atoms with van der Waals surface area (Å²) in [4.78, 5) is 1.88. The molecule has 0 atom stereocenters. The number of hydrogen-bond acceptors (Lipinski definition) is 3. The van der Waals surface area contributed by atoms with Gasteiger partial charge in [0.1, 0.15) is 11.4 Å². The molecule has 15 heavy (non-hydrogen) atoms. The maximum atomic E-state index is 13.8. The Morgan fingerprint density at radius 1 is 1.33 bits per heavy atom. The van der Waals surface area contributed by atoms with Crippen LogP contribution in [-0.2, 0) is 0 Å². The molecule has 0 amide bonds. The maximum Gasteiger partial charge on any atom is 0.153 e. The highest BCUT2D eigenvalue weighted by atomic mass is 19.1. The van der Waals surface area contributed by atoms with E-state index in [1.54, 1.807) is 19.1 Å². The van der Waals surface area contributed by atoms with Gasteiger partial charge >= 0.3 is 0 Å². The van der Waals surface area contributed by atoms with Crippen molar-refractivity contribution in [2.45, 2.75) is 6.92 Å². The lowest BCUT2D eigenvalue weighted by molar-refractivity contribution is 0.462. The van der Waals surface area contributed by atoms with Crippen molar-refractivity contribution >= 4 is 5.69 Å². The third kappa shape index (κ3) is 1.90. The summed E-state index contributed by atoms with van der Waals surface area (Å²) in [6, 6.07) is 3.14. The van der Waals surface area contributed by atoms with Crippen LogP contribution in [0.4, 0.5) is 10.1 Å². The summed E-state index contributed by atoms with van der Waals surface area (Å²) >= 11 is 0. The van der Waals surface area contributed by atoms with Gasteiger partial charge in [0.2, 0.25) is 0 Å². The Bertz CT molecular complexity index is 362. The van der Waals surface area contributed by atoms with E-state index < -0.39 is 0 Å². The van der Waals surface area contributed by atoms with Crippen molar-refractivity contribution in [2.75, 3.05) is 31.1 Å². The van der Waals surface area contributed by atoms with Crippen LogP contribution in [-0.4, -0.2) is 31.3 Å². The number of benzene rings is 1. The Balaban J connectivity index is 2.36. The van der Waals surface area contributed by atoms with Gasteiger partial charge in [0.25, 0.3) is 0 Å². The predicted molar refractivity (Wildman–Crippen MR) is 57.9 cm³/mol. The number of halogens is 1. The first kappa shape index (κ1) is 10.2. The summed E-state index contributed by atoms with van der Waals surface area (Å²) in [6.07, 6.45) is 0. The van der Waals surface area contributed by atoms with Gasteiger partial charge in [0.15, 0.2) is 5.82 Å². The van der Waals surface area contributed by atoms with Crippen molar-refractivity contribution in [3.05, 3.63) is 23.5 Å². The van der Waals surface area contributed by atoms with Crippen molar-refractivity contribution in [2.24, 2.45) is 0 Å². The van der Waals surface area contributed by atoms with Crippen LogP contribution >= 0.6 is 0 Å². The van der Waals surface area contributed by atoms with E-state index in [1.165, 1.54) is 0 Å². The Labute approximate surface area is 88.5 Å². The van der Waals surface area contributed by atoms with E-state index in [-0.39, 0.29) is 11.6 Å². The number of phenolic OH excluding ortho intramolecular Hbond substituents is 1. The van der Waals surface area contributed by atoms with E-state index in [2.05, 4.69) is 5.32 Å². The second-order valence-corrected chi connectivity index (χ2v) is 3.80. The highest BCUT2D eigenvalue weighted by Crippen LogP contribution is 2.32. The van der Waals surface area contributed by atoms with Gasteiger partial charge in [-0.2, -0.15) is 0 Å². The van der Waals surface area contributed by atoms with Crippen molar-refractivity contribution in [1.82, 2.24) is 5.32 Å². The van der Waals surface area contributed by atoms with Crippen molar-refractivity contribution in [1.29, 1.82) is 0 Å². The lowest BCUT2D eigenvalue weighted by Gasteiger charge is -2.30. The third-order valence-corrected chi connectivity index (χ3v) is 2.72. The fourth-order valence-electron chi connectivity index (χ4n) is 1.84. The van der Waals surface area contributed by atoms with Crippen LogP contribution < -0.4 is 10.2 Å². The molecule has 0 aromatic heterocycles. The second-order valence-electron chi connectivity index (χ2n) is 3.80. The zero-order valence-electron chi connectivity index (χ0n) is 8.76. The summed E-state index contributed by atoms with van der Waals surface area (Å²) < 4.78 is 13.8. The van der Waals surface area contributed by atoms with Crippen LogP contribution in [0.25, 0.3) is 0 Å². The summed E-state index contributed by atoms with van der Waals surface area (Å²) in [5.74, 6) is -0.281. The zero-order chi connectivity index (χ0) is 10.8. The highest BCUT2D eigenvalue weighted by Gasteiger charge is 2.19. The van der Waals surface area contributed by atoms with Gasteiger partial charge in [-0.1, -0.05) is 6.07 Å². The number of aryl methyl sites for hydroxylation is 1. The molecule has 1 aromatic carbocycles. The summed E-state index contributed by atoms with van der Waals surface area (Å²) in [6.45, 7) is 4.82. The molecule has 1 aliphatic rings. The number of hydrogen-bond donors (Lipinski definition) is 2. The van der Waals surface area contributed by atoms with Gasteiger partial charge in [-0.25, -0.2) is 4.39 Å². The molecule has 1 aliphatic heterocycles. The highest BCUT2D eigenvalue weighted by molar-refractivity contribution is 5.60. The van der Waals surface area contributed by atoms with E-state index in [0.717, 1.165) is 26.2 Å². The first-order valence-corrected chi connectivity index (χ1v) is 5.14. The van der Waals surface area contributed by atoms with E-state index in [1.807, 2.05) is 4.90 Å². The van der Waals surface area contributed by atoms with Crippen LogP contribution in [0, 0.1) is 12.7 Å². The molecule has 2 rings (SSSR count). The van der Waals surface area contributed by atoms with Crippen molar-refractivity contribution in [3.8, 4) is 5.75 Å². The lowest BCUT2D eigenvalue weighted by atomic mass is 10.1. The standard InChI is InChI=1S/C11H15FN2O/c1-8-2-3-9(15)11(10(8)12)14-6-4-13-5-7-14/h2-3,13,15H,4-7H2,1H3. The molecule has 0 saturated carbocycles. The average Bonchev–Trinajstić information content (AvgIpc) is 2.26. The van der Waals surface area contributed by atoms with Crippen LogP contribution in [0.5, 0.6) is 5.75 Å². The Morgan fingerprint density at radius 3 is 2.67 bits per heavy atom. The van der Waals surface area contributed by atoms with Gasteiger partial charge in [0.05, 0.1) is 0 Å². The van der Waals surface area contributed by atoms with E-state index >= 15 is 0 Å². The third-order valence-electron chi connectivity index (χ3n) is 2.72. The van der Waals surface area contributed by atoms with E-state index in [4.69, 9.17) is 0 Å². The van der Waals surface area contributed by atoms with E-state index in [9.17, 15) is 9.50 Å². The van der Waals surface area contributed by atoms with Crippen LogP contribution in [0.3, 0.4) is 0 Å². The normalized spacial score (nSPS) is 16.8. The minimum atomic E-state index is -0.308. The monoisotopic (exact) mass is 210 g/mol. The molecule has 3 nitrogen and oxygen atoms in total. The number of rotatable bonds is 1. The van der Waals surface area contributed by atoms with Crippen LogP contribution in [0.2, 0.25) is 0 Å².